The van der Waals surface area contributed by atoms with Gasteiger partial charge in [0.2, 0.25) is 11.8 Å². The highest BCUT2D eigenvalue weighted by atomic mass is 79.9. The molecule has 0 aliphatic heterocycles. The second-order valence-corrected chi connectivity index (χ2v) is 6.23. The molecule has 1 N–H and O–H groups in total. The fourth-order valence-corrected chi connectivity index (χ4v) is 2.71. The largest absolute Gasteiger partial charge is 0.342 e. The molecule has 0 bridgehead atoms. The topological polar surface area (TPSA) is 52.7 Å². The Balaban J connectivity index is 2.52. The highest BCUT2D eigenvalue weighted by Gasteiger charge is 2.15. The minimum absolute atomic E-state index is 0.0157. The maximum Gasteiger partial charge on any atom is 0.238 e. The van der Waals surface area contributed by atoms with Crippen molar-refractivity contribution in [3.05, 3.63) is 27.7 Å². The standard InChI is InChI=1S/C15H21BrClN3O2/c1-4-20(5-2)15(22)10-19(3)9-14(21)18-13-7-6-11(16)8-12(13)17/h6-8H,4-5,9-10H2,1-3H3,(H,18,21). The van der Waals surface area contributed by atoms with E-state index in [1.165, 1.54) is 0 Å². The number of amides is 2. The Morgan fingerprint density at radius 2 is 1.86 bits per heavy atom. The van der Waals surface area contributed by atoms with Crippen molar-refractivity contribution in [2.45, 2.75) is 13.8 Å². The summed E-state index contributed by atoms with van der Waals surface area (Å²) in [5.41, 5.74) is 0.554. The first-order chi connectivity index (χ1) is 10.4. The average molecular weight is 391 g/mol. The van der Waals surface area contributed by atoms with E-state index in [1.54, 1.807) is 35.0 Å². The number of hydrogen-bond acceptors (Lipinski definition) is 3. The maximum absolute atomic E-state index is 12.0. The van der Waals surface area contributed by atoms with Crippen LogP contribution in [-0.2, 0) is 9.59 Å². The second kappa shape index (κ2) is 9.12. The Hall–Kier alpha value is -1.11. The molecular weight excluding hydrogens is 370 g/mol. The van der Waals surface area contributed by atoms with E-state index in [2.05, 4.69) is 21.2 Å². The summed E-state index contributed by atoms with van der Waals surface area (Å²) in [6.45, 7) is 5.55. The maximum atomic E-state index is 12.0. The fraction of sp³-hybridized carbons (Fsp3) is 0.467. The number of halogens is 2. The fourth-order valence-electron chi connectivity index (χ4n) is 1.99. The molecule has 1 rings (SSSR count). The molecule has 0 aliphatic rings. The van der Waals surface area contributed by atoms with Crippen LogP contribution in [0.3, 0.4) is 0 Å². The summed E-state index contributed by atoms with van der Waals surface area (Å²) >= 11 is 9.36. The molecular formula is C15H21BrClN3O2. The number of carbonyl (C=O) groups is 2. The summed E-state index contributed by atoms with van der Waals surface area (Å²) in [6, 6.07) is 5.24. The molecule has 5 nitrogen and oxygen atoms in total. The van der Waals surface area contributed by atoms with Gasteiger partial charge in [0.25, 0.3) is 0 Å². The Labute approximate surface area is 144 Å². The zero-order valence-corrected chi connectivity index (χ0v) is 15.4. The Morgan fingerprint density at radius 1 is 1.23 bits per heavy atom. The highest BCUT2D eigenvalue weighted by molar-refractivity contribution is 9.10. The molecule has 0 saturated carbocycles. The van der Waals surface area contributed by atoms with Crippen molar-refractivity contribution in [3.8, 4) is 0 Å². The van der Waals surface area contributed by atoms with Gasteiger partial charge < -0.3 is 10.2 Å². The van der Waals surface area contributed by atoms with E-state index >= 15 is 0 Å². The minimum atomic E-state index is -0.209. The first kappa shape index (κ1) is 18.9. The number of carbonyl (C=O) groups excluding carboxylic acids is 2. The van der Waals surface area contributed by atoms with Gasteiger partial charge in [-0.3, -0.25) is 14.5 Å². The van der Waals surface area contributed by atoms with Crippen molar-refractivity contribution in [2.24, 2.45) is 0 Å². The Morgan fingerprint density at radius 3 is 2.41 bits per heavy atom. The summed E-state index contributed by atoms with van der Waals surface area (Å²) < 4.78 is 0.845. The lowest BCUT2D eigenvalue weighted by molar-refractivity contribution is -0.132. The third-order valence-electron chi connectivity index (χ3n) is 3.14. The zero-order chi connectivity index (χ0) is 16.7. The lowest BCUT2D eigenvalue weighted by atomic mass is 10.3. The van der Waals surface area contributed by atoms with Crippen molar-refractivity contribution >= 4 is 45.0 Å². The van der Waals surface area contributed by atoms with Crippen molar-refractivity contribution < 1.29 is 9.59 Å². The van der Waals surface area contributed by atoms with Gasteiger partial charge in [0, 0.05) is 17.6 Å². The predicted molar refractivity (Wildman–Crippen MR) is 93.2 cm³/mol. The zero-order valence-electron chi connectivity index (χ0n) is 13.0. The van der Waals surface area contributed by atoms with E-state index < -0.39 is 0 Å². The number of likely N-dealkylation sites (N-methyl/N-ethyl adjacent to an activating group) is 2. The number of nitrogens with one attached hydrogen (secondary N) is 1. The predicted octanol–water partition coefficient (Wildman–Crippen LogP) is 2.84. The normalized spacial score (nSPS) is 10.6. The van der Waals surface area contributed by atoms with Gasteiger partial charge in [-0.2, -0.15) is 0 Å². The smallest absolute Gasteiger partial charge is 0.238 e. The molecule has 0 aliphatic carbocycles. The van der Waals surface area contributed by atoms with Gasteiger partial charge in [-0.05, 0) is 39.1 Å². The Bertz CT molecular complexity index is 536. The van der Waals surface area contributed by atoms with E-state index in [4.69, 9.17) is 11.6 Å². The lowest BCUT2D eigenvalue weighted by Gasteiger charge is -2.22. The number of rotatable bonds is 7. The van der Waals surface area contributed by atoms with E-state index in [1.807, 2.05) is 13.8 Å². The van der Waals surface area contributed by atoms with Gasteiger partial charge in [0.05, 0.1) is 23.8 Å². The molecule has 0 fully saturated rings. The SMILES string of the molecule is CCN(CC)C(=O)CN(C)CC(=O)Nc1ccc(Br)cc1Cl. The summed E-state index contributed by atoms with van der Waals surface area (Å²) in [5, 5.41) is 3.20. The van der Waals surface area contributed by atoms with Gasteiger partial charge in [0.15, 0.2) is 0 Å². The van der Waals surface area contributed by atoms with Crippen molar-refractivity contribution in [1.29, 1.82) is 0 Å². The van der Waals surface area contributed by atoms with Gasteiger partial charge >= 0.3 is 0 Å². The second-order valence-electron chi connectivity index (χ2n) is 4.91. The summed E-state index contributed by atoms with van der Waals surface area (Å²) in [4.78, 5) is 27.4. The molecule has 2 amide bonds. The molecule has 7 heteroatoms. The van der Waals surface area contributed by atoms with E-state index in [0.717, 1.165) is 4.47 Å². The monoisotopic (exact) mass is 389 g/mol. The number of nitrogens with zero attached hydrogens (tertiary/aromatic N) is 2. The van der Waals surface area contributed by atoms with Crippen LogP contribution >= 0.6 is 27.5 Å². The third-order valence-corrected chi connectivity index (χ3v) is 3.95. The summed E-state index contributed by atoms with van der Waals surface area (Å²) in [7, 11) is 1.74. The van der Waals surface area contributed by atoms with Crippen LogP contribution in [0, 0.1) is 0 Å². The van der Waals surface area contributed by atoms with Gasteiger partial charge in [-0.25, -0.2) is 0 Å². The molecule has 0 radical (unpaired) electrons. The first-order valence-corrected chi connectivity index (χ1v) is 8.25. The third kappa shape index (κ3) is 5.94. The van der Waals surface area contributed by atoms with Crippen LogP contribution in [-0.4, -0.2) is 54.8 Å². The number of anilines is 1. The molecule has 0 saturated heterocycles. The van der Waals surface area contributed by atoms with Crippen LogP contribution in [0.15, 0.2) is 22.7 Å². The van der Waals surface area contributed by atoms with Gasteiger partial charge in [-0.1, -0.05) is 27.5 Å². The van der Waals surface area contributed by atoms with Crippen LogP contribution in [0.5, 0.6) is 0 Å². The number of benzene rings is 1. The van der Waals surface area contributed by atoms with Crippen LogP contribution in [0.1, 0.15) is 13.8 Å². The Kier molecular flexibility index (Phi) is 7.85. The molecule has 22 heavy (non-hydrogen) atoms. The lowest BCUT2D eigenvalue weighted by Crippen LogP contribution is -2.41. The van der Waals surface area contributed by atoms with E-state index in [-0.39, 0.29) is 24.9 Å². The molecule has 0 unspecified atom stereocenters. The molecule has 1 aromatic carbocycles. The van der Waals surface area contributed by atoms with Crippen LogP contribution < -0.4 is 5.32 Å². The van der Waals surface area contributed by atoms with Crippen LogP contribution in [0.25, 0.3) is 0 Å². The van der Waals surface area contributed by atoms with Crippen molar-refractivity contribution in [2.75, 3.05) is 38.5 Å². The van der Waals surface area contributed by atoms with Crippen LogP contribution in [0.2, 0.25) is 5.02 Å². The van der Waals surface area contributed by atoms with Crippen molar-refractivity contribution in [3.63, 3.8) is 0 Å². The van der Waals surface area contributed by atoms with E-state index in [0.29, 0.717) is 23.8 Å². The van der Waals surface area contributed by atoms with Crippen molar-refractivity contribution in [1.82, 2.24) is 9.80 Å². The molecule has 0 heterocycles. The van der Waals surface area contributed by atoms with Gasteiger partial charge in [-0.15, -0.1) is 0 Å². The average Bonchev–Trinajstić information content (AvgIpc) is 2.43. The minimum Gasteiger partial charge on any atom is -0.342 e. The molecule has 0 spiro atoms. The quantitative estimate of drug-likeness (QED) is 0.779. The molecule has 0 aromatic heterocycles. The van der Waals surface area contributed by atoms with E-state index in [9.17, 15) is 9.59 Å². The van der Waals surface area contributed by atoms with Gasteiger partial charge in [0.1, 0.15) is 0 Å². The summed E-state index contributed by atoms with van der Waals surface area (Å²) in [6.07, 6.45) is 0. The number of hydrogen-bond donors (Lipinski definition) is 1. The van der Waals surface area contributed by atoms with Crippen LogP contribution in [0.4, 0.5) is 5.69 Å². The highest BCUT2D eigenvalue weighted by Crippen LogP contribution is 2.25. The first-order valence-electron chi connectivity index (χ1n) is 7.08. The molecule has 0 atom stereocenters. The molecule has 1 aromatic rings. The molecule has 122 valence electrons. The summed E-state index contributed by atoms with van der Waals surface area (Å²) in [5.74, 6) is -0.193.